The molecule has 1 aromatic carbocycles. The number of nitrogens with zero attached hydrogens (tertiary/aromatic N) is 5. The van der Waals surface area contributed by atoms with E-state index in [0.717, 1.165) is 34.8 Å². The smallest absolute Gasteiger partial charge is 0.253 e. The van der Waals surface area contributed by atoms with Gasteiger partial charge in [0.1, 0.15) is 11.3 Å². The van der Waals surface area contributed by atoms with Crippen molar-refractivity contribution in [2.24, 2.45) is 0 Å². The minimum Gasteiger partial charge on any atom is -0.493 e. The van der Waals surface area contributed by atoms with Crippen LogP contribution in [0.15, 0.2) is 48.1 Å². The number of hydrogen-bond donors (Lipinski definition) is 3. The number of methoxy groups -OCH3 is 2. The average molecular weight is 509 g/mol. The third-order valence-corrected chi connectivity index (χ3v) is 6.29. The van der Waals surface area contributed by atoms with E-state index in [-0.39, 0.29) is 11.9 Å². The van der Waals surface area contributed by atoms with E-state index in [1.54, 1.807) is 31.9 Å². The number of para-hydroxylation sites is 2. The number of aromatic nitrogens is 4. The normalized spacial score (nSPS) is 14.6. The first-order chi connectivity index (χ1) is 17.5. The molecule has 1 amide bonds. The Hall–Kier alpha value is -4.19. The second-order valence-corrected chi connectivity index (χ2v) is 8.69. The first-order valence-electron chi connectivity index (χ1n) is 11.3. The van der Waals surface area contributed by atoms with Crippen LogP contribution in [-0.2, 0) is 0 Å². The lowest BCUT2D eigenvalue weighted by molar-refractivity contribution is 0.0940. The molecule has 1 aliphatic rings. The van der Waals surface area contributed by atoms with Gasteiger partial charge in [-0.3, -0.25) is 4.79 Å². The summed E-state index contributed by atoms with van der Waals surface area (Å²) < 4.78 is 10.0. The van der Waals surface area contributed by atoms with E-state index in [2.05, 4.69) is 35.5 Å². The molecule has 0 radical (unpaired) electrons. The van der Waals surface area contributed by atoms with Crippen molar-refractivity contribution in [3.05, 3.63) is 53.7 Å². The van der Waals surface area contributed by atoms with E-state index in [0.29, 0.717) is 29.7 Å². The summed E-state index contributed by atoms with van der Waals surface area (Å²) in [5, 5.41) is 6.10. The van der Waals surface area contributed by atoms with E-state index >= 15 is 0 Å². The number of nitrogen functional groups attached to an aromatic ring is 1. The minimum absolute atomic E-state index is 0.0267. The van der Waals surface area contributed by atoms with Gasteiger partial charge in [0.15, 0.2) is 22.1 Å². The second kappa shape index (κ2) is 11.5. The third kappa shape index (κ3) is 5.71. The van der Waals surface area contributed by atoms with Crippen LogP contribution >= 0.6 is 11.3 Å². The number of pyridine rings is 1. The lowest BCUT2D eigenvalue weighted by Crippen LogP contribution is -2.37. The monoisotopic (exact) mass is 508 g/mol. The van der Waals surface area contributed by atoms with Gasteiger partial charge in [0.05, 0.1) is 25.3 Å². The average Bonchev–Trinajstić information content (AvgIpc) is 3.58. The van der Waals surface area contributed by atoms with Gasteiger partial charge in [-0.2, -0.15) is 9.97 Å². The number of benzene rings is 1. The largest absolute Gasteiger partial charge is 0.493 e. The lowest BCUT2D eigenvalue weighted by atomic mass is 10.2. The maximum absolute atomic E-state index is 12.3. The molecule has 12 heteroatoms. The summed E-state index contributed by atoms with van der Waals surface area (Å²) in [4.78, 5) is 32.7. The summed E-state index contributed by atoms with van der Waals surface area (Å²) in [5.74, 6) is 3.14. The molecule has 36 heavy (non-hydrogen) atoms. The number of ether oxygens (including phenoxy) is 2. The standard InChI is InChI=1S/C16H18N8OS.C8H10O2/c1-18-13-12-15(26-8-20-12)23-16(22-13)24-5-4-10(7-24)21-14(25)9-2-3-11(17)19-6-9;1-9-7-5-3-4-6-8(7)10-2/h2-3,6,8,10H,4-5,7H2,1H3,(H2,17,19)(H,21,25)(H,18,22,23);3-6H,1-2H3. The van der Waals surface area contributed by atoms with Crippen molar-refractivity contribution in [3.8, 4) is 11.5 Å². The summed E-state index contributed by atoms with van der Waals surface area (Å²) in [6.45, 7) is 1.43. The minimum atomic E-state index is -0.154. The molecule has 0 spiro atoms. The fourth-order valence-electron chi connectivity index (χ4n) is 3.72. The molecule has 1 unspecified atom stereocenters. The molecule has 3 aromatic heterocycles. The Morgan fingerprint density at radius 1 is 1.11 bits per heavy atom. The number of thiazole rings is 1. The van der Waals surface area contributed by atoms with Gasteiger partial charge in [-0.15, -0.1) is 11.3 Å². The van der Waals surface area contributed by atoms with Crippen LogP contribution in [0.2, 0.25) is 0 Å². The predicted molar refractivity (Wildman–Crippen MR) is 141 cm³/mol. The molecule has 5 rings (SSSR count). The highest BCUT2D eigenvalue weighted by atomic mass is 32.1. The molecule has 1 aliphatic heterocycles. The Balaban J connectivity index is 0.000000256. The number of carbonyl (C=O) groups is 1. The van der Waals surface area contributed by atoms with Gasteiger partial charge in [-0.25, -0.2) is 9.97 Å². The zero-order valence-corrected chi connectivity index (χ0v) is 21.1. The van der Waals surface area contributed by atoms with E-state index in [1.165, 1.54) is 17.5 Å². The van der Waals surface area contributed by atoms with Crippen molar-refractivity contribution >= 4 is 45.2 Å². The summed E-state index contributed by atoms with van der Waals surface area (Å²) in [6.07, 6.45) is 2.31. The van der Waals surface area contributed by atoms with Crippen molar-refractivity contribution in [1.29, 1.82) is 0 Å². The number of amides is 1. The highest BCUT2D eigenvalue weighted by molar-refractivity contribution is 7.16. The van der Waals surface area contributed by atoms with E-state index in [1.807, 2.05) is 31.3 Å². The third-order valence-electron chi connectivity index (χ3n) is 5.57. The van der Waals surface area contributed by atoms with Crippen LogP contribution in [0.5, 0.6) is 11.5 Å². The molecule has 0 aliphatic carbocycles. The van der Waals surface area contributed by atoms with Crippen LogP contribution in [0.25, 0.3) is 10.3 Å². The van der Waals surface area contributed by atoms with Gasteiger partial charge in [0, 0.05) is 32.4 Å². The van der Waals surface area contributed by atoms with Crippen LogP contribution in [0, 0.1) is 0 Å². The highest BCUT2D eigenvalue weighted by Gasteiger charge is 2.27. The van der Waals surface area contributed by atoms with Gasteiger partial charge in [0.25, 0.3) is 5.91 Å². The molecule has 1 atom stereocenters. The summed E-state index contributed by atoms with van der Waals surface area (Å²) in [5.41, 5.74) is 8.59. The fourth-order valence-corrected chi connectivity index (χ4v) is 4.38. The Morgan fingerprint density at radius 2 is 1.86 bits per heavy atom. The fraction of sp³-hybridized carbons (Fsp3) is 0.292. The Bertz CT molecular complexity index is 1290. The zero-order chi connectivity index (χ0) is 25.5. The second-order valence-electron chi connectivity index (χ2n) is 7.86. The van der Waals surface area contributed by atoms with Crippen LogP contribution in [-0.4, -0.2) is 66.2 Å². The molecule has 11 nitrogen and oxygen atoms in total. The van der Waals surface area contributed by atoms with Crippen LogP contribution < -0.4 is 30.7 Å². The summed E-state index contributed by atoms with van der Waals surface area (Å²) >= 11 is 1.48. The van der Waals surface area contributed by atoms with Crippen molar-refractivity contribution in [2.75, 3.05) is 50.3 Å². The number of hydrogen-bond acceptors (Lipinski definition) is 11. The first-order valence-corrected chi connectivity index (χ1v) is 12.1. The van der Waals surface area contributed by atoms with Gasteiger partial charge in [-0.1, -0.05) is 12.1 Å². The molecule has 4 N–H and O–H groups in total. The molecule has 0 bridgehead atoms. The summed E-state index contributed by atoms with van der Waals surface area (Å²) in [6, 6.07) is 10.8. The van der Waals surface area contributed by atoms with Crippen LogP contribution in [0.3, 0.4) is 0 Å². The number of nitrogens with two attached hydrogens (primary N) is 1. The molecular weight excluding hydrogens is 480 g/mol. The first kappa shape index (κ1) is 24.9. The number of fused-ring (bicyclic) bond motifs is 1. The molecule has 4 heterocycles. The Labute approximate surface area is 212 Å². The molecule has 1 fully saturated rings. The molecule has 188 valence electrons. The van der Waals surface area contributed by atoms with Crippen molar-refractivity contribution in [3.63, 3.8) is 0 Å². The Morgan fingerprint density at radius 3 is 2.50 bits per heavy atom. The molecular formula is C24H28N8O3S. The molecule has 1 saturated heterocycles. The zero-order valence-electron chi connectivity index (χ0n) is 20.3. The number of anilines is 3. The predicted octanol–water partition coefficient (Wildman–Crippen LogP) is 2.82. The summed E-state index contributed by atoms with van der Waals surface area (Å²) in [7, 11) is 5.06. The quantitative estimate of drug-likeness (QED) is 0.356. The van der Waals surface area contributed by atoms with E-state index < -0.39 is 0 Å². The number of nitrogens with one attached hydrogen (secondary N) is 2. The molecule has 0 saturated carbocycles. The van der Waals surface area contributed by atoms with Gasteiger partial charge in [0.2, 0.25) is 5.95 Å². The van der Waals surface area contributed by atoms with Crippen molar-refractivity contribution in [1.82, 2.24) is 25.3 Å². The lowest BCUT2D eigenvalue weighted by Gasteiger charge is -2.17. The van der Waals surface area contributed by atoms with Crippen LogP contribution in [0.4, 0.5) is 17.6 Å². The number of rotatable bonds is 6. The number of carbonyl (C=O) groups excluding carboxylic acids is 1. The van der Waals surface area contributed by atoms with Gasteiger partial charge in [-0.05, 0) is 30.7 Å². The highest BCUT2D eigenvalue weighted by Crippen LogP contribution is 2.27. The van der Waals surface area contributed by atoms with Crippen molar-refractivity contribution in [2.45, 2.75) is 12.5 Å². The van der Waals surface area contributed by atoms with Gasteiger partial charge >= 0.3 is 0 Å². The van der Waals surface area contributed by atoms with Crippen molar-refractivity contribution < 1.29 is 14.3 Å². The van der Waals surface area contributed by atoms with Crippen LogP contribution in [0.1, 0.15) is 16.8 Å². The Kier molecular flexibility index (Phi) is 7.95. The molecule has 4 aromatic rings. The maximum Gasteiger partial charge on any atom is 0.253 e. The van der Waals surface area contributed by atoms with E-state index in [4.69, 9.17) is 15.2 Å². The maximum atomic E-state index is 12.3. The SMILES string of the molecule is CNc1nc(N2CCC(NC(=O)c3ccc(N)nc3)C2)nc2scnc12.COc1ccccc1OC. The topological polar surface area (TPSA) is 140 Å². The van der Waals surface area contributed by atoms with Gasteiger partial charge < -0.3 is 30.7 Å². The van der Waals surface area contributed by atoms with E-state index in [9.17, 15) is 4.79 Å².